The molecule has 3 nitrogen and oxygen atoms in total. The van der Waals surface area contributed by atoms with Crippen LogP contribution < -0.4 is 5.32 Å². The van der Waals surface area contributed by atoms with Gasteiger partial charge in [0, 0.05) is 25.0 Å². The molecule has 2 unspecified atom stereocenters. The van der Waals surface area contributed by atoms with E-state index >= 15 is 0 Å². The Labute approximate surface area is 104 Å². The van der Waals surface area contributed by atoms with Gasteiger partial charge in [-0.15, -0.1) is 0 Å². The third kappa shape index (κ3) is 2.48. The highest BCUT2D eigenvalue weighted by Gasteiger charge is 2.32. The summed E-state index contributed by atoms with van der Waals surface area (Å²) in [7, 11) is 0. The lowest BCUT2D eigenvalue weighted by Gasteiger charge is -2.24. The molecule has 2 fully saturated rings. The fourth-order valence-corrected chi connectivity index (χ4v) is 3.01. The number of anilines is 1. The number of hydrogen-bond donors (Lipinski definition) is 1. The topological polar surface area (TPSA) is 29.9 Å². The van der Waals surface area contributed by atoms with Crippen LogP contribution in [-0.4, -0.2) is 16.1 Å². The number of imidazole rings is 1. The Hall–Kier alpha value is -0.990. The fourth-order valence-electron chi connectivity index (χ4n) is 3.01. The number of aromatic nitrogens is 2. The third-order valence-corrected chi connectivity index (χ3v) is 4.44. The van der Waals surface area contributed by atoms with Gasteiger partial charge < -0.3 is 9.88 Å². The van der Waals surface area contributed by atoms with Gasteiger partial charge >= 0.3 is 0 Å². The normalized spacial score (nSPS) is 29.2. The predicted octanol–water partition coefficient (Wildman–Crippen LogP) is 3.46. The molecule has 2 atom stereocenters. The lowest BCUT2D eigenvalue weighted by Crippen LogP contribution is -2.16. The van der Waals surface area contributed by atoms with Crippen LogP contribution in [0.25, 0.3) is 0 Å². The summed E-state index contributed by atoms with van der Waals surface area (Å²) in [5.74, 6) is 2.89. The first-order valence-corrected chi connectivity index (χ1v) is 7.11. The molecule has 1 aromatic heterocycles. The first kappa shape index (κ1) is 11.1. The van der Waals surface area contributed by atoms with Crippen LogP contribution in [0.15, 0.2) is 12.4 Å². The van der Waals surface area contributed by atoms with Crippen LogP contribution >= 0.6 is 0 Å². The molecule has 17 heavy (non-hydrogen) atoms. The summed E-state index contributed by atoms with van der Waals surface area (Å²) in [6.07, 6.45) is 12.3. The first-order chi connectivity index (χ1) is 8.34. The first-order valence-electron chi connectivity index (χ1n) is 7.11. The van der Waals surface area contributed by atoms with E-state index in [-0.39, 0.29) is 0 Å². The van der Waals surface area contributed by atoms with Crippen molar-refractivity contribution in [2.45, 2.75) is 51.5 Å². The molecule has 3 heteroatoms. The van der Waals surface area contributed by atoms with Crippen LogP contribution in [0.1, 0.15) is 51.5 Å². The van der Waals surface area contributed by atoms with Gasteiger partial charge in [-0.25, -0.2) is 4.98 Å². The van der Waals surface area contributed by atoms with Gasteiger partial charge in [0.2, 0.25) is 5.95 Å². The van der Waals surface area contributed by atoms with Crippen LogP contribution in [-0.2, 0) is 0 Å². The molecule has 1 aromatic rings. The smallest absolute Gasteiger partial charge is 0.203 e. The molecular weight excluding hydrogens is 210 g/mol. The van der Waals surface area contributed by atoms with Gasteiger partial charge in [0.05, 0.1) is 0 Å². The van der Waals surface area contributed by atoms with E-state index in [9.17, 15) is 0 Å². The SMILES string of the molecule is CC1CC1CNc1nccn1C1CCCCC1. The Bertz CT molecular complexity index is 365. The molecule has 3 rings (SSSR count). The summed E-state index contributed by atoms with van der Waals surface area (Å²) in [6, 6.07) is 0.686. The summed E-state index contributed by atoms with van der Waals surface area (Å²) < 4.78 is 2.37. The van der Waals surface area contributed by atoms with Crippen molar-refractivity contribution in [2.75, 3.05) is 11.9 Å². The van der Waals surface area contributed by atoms with E-state index in [2.05, 4.69) is 28.0 Å². The minimum absolute atomic E-state index is 0.686. The second-order valence-corrected chi connectivity index (χ2v) is 5.80. The van der Waals surface area contributed by atoms with Crippen LogP contribution in [0.5, 0.6) is 0 Å². The molecule has 2 aliphatic rings. The molecule has 0 aromatic carbocycles. The minimum atomic E-state index is 0.686. The standard InChI is InChI=1S/C14H23N3/c1-11-9-12(11)10-16-14-15-7-8-17(14)13-5-3-2-4-6-13/h7-8,11-13H,2-6,9-10H2,1H3,(H,15,16). The minimum Gasteiger partial charge on any atom is -0.355 e. The van der Waals surface area contributed by atoms with Crippen molar-refractivity contribution in [3.63, 3.8) is 0 Å². The summed E-state index contributed by atoms with van der Waals surface area (Å²) >= 11 is 0. The van der Waals surface area contributed by atoms with Gasteiger partial charge in [0.25, 0.3) is 0 Å². The summed E-state index contributed by atoms with van der Waals surface area (Å²) in [5.41, 5.74) is 0. The number of nitrogens with one attached hydrogen (secondary N) is 1. The molecule has 2 aliphatic carbocycles. The highest BCUT2D eigenvalue weighted by atomic mass is 15.2. The maximum absolute atomic E-state index is 4.47. The number of rotatable bonds is 4. The van der Waals surface area contributed by atoms with Crippen LogP contribution in [0.4, 0.5) is 5.95 Å². The molecule has 0 bridgehead atoms. The van der Waals surface area contributed by atoms with Gasteiger partial charge in [-0.05, 0) is 31.1 Å². The van der Waals surface area contributed by atoms with E-state index in [1.165, 1.54) is 38.5 Å². The predicted molar refractivity (Wildman–Crippen MR) is 70.1 cm³/mol. The van der Waals surface area contributed by atoms with Gasteiger partial charge in [-0.1, -0.05) is 26.2 Å². The average molecular weight is 233 g/mol. The highest BCUT2D eigenvalue weighted by Crippen LogP contribution is 2.37. The van der Waals surface area contributed by atoms with Crippen LogP contribution in [0.2, 0.25) is 0 Å². The lowest BCUT2D eigenvalue weighted by atomic mass is 9.95. The maximum Gasteiger partial charge on any atom is 0.203 e. The van der Waals surface area contributed by atoms with E-state index in [1.54, 1.807) is 0 Å². The van der Waals surface area contributed by atoms with Gasteiger partial charge in [-0.3, -0.25) is 0 Å². The van der Waals surface area contributed by atoms with Crippen molar-refractivity contribution in [1.29, 1.82) is 0 Å². The van der Waals surface area contributed by atoms with Gasteiger partial charge in [0.15, 0.2) is 0 Å². The summed E-state index contributed by atoms with van der Waals surface area (Å²) in [6.45, 7) is 3.44. The summed E-state index contributed by atoms with van der Waals surface area (Å²) in [5, 5.41) is 3.53. The van der Waals surface area contributed by atoms with Crippen LogP contribution in [0, 0.1) is 11.8 Å². The molecular formula is C14H23N3. The van der Waals surface area contributed by atoms with E-state index in [1.807, 2.05) is 6.20 Å². The summed E-state index contributed by atoms with van der Waals surface area (Å²) in [4.78, 5) is 4.47. The van der Waals surface area contributed by atoms with Crippen molar-refractivity contribution in [2.24, 2.45) is 11.8 Å². The zero-order valence-corrected chi connectivity index (χ0v) is 10.7. The second-order valence-electron chi connectivity index (χ2n) is 5.80. The van der Waals surface area contributed by atoms with E-state index in [4.69, 9.17) is 0 Å². The maximum atomic E-state index is 4.47. The Morgan fingerprint density at radius 3 is 2.82 bits per heavy atom. The second kappa shape index (κ2) is 4.71. The third-order valence-electron chi connectivity index (χ3n) is 4.44. The molecule has 0 amide bonds. The molecule has 0 aliphatic heterocycles. The van der Waals surface area contributed by atoms with Crippen LogP contribution in [0.3, 0.4) is 0 Å². The Morgan fingerprint density at radius 2 is 2.12 bits per heavy atom. The van der Waals surface area contributed by atoms with Crippen molar-refractivity contribution in [3.05, 3.63) is 12.4 Å². The Morgan fingerprint density at radius 1 is 1.35 bits per heavy atom. The molecule has 0 spiro atoms. The lowest BCUT2D eigenvalue weighted by molar-refractivity contribution is 0.355. The zero-order chi connectivity index (χ0) is 11.7. The van der Waals surface area contributed by atoms with E-state index < -0.39 is 0 Å². The van der Waals surface area contributed by atoms with E-state index in [0.29, 0.717) is 6.04 Å². The van der Waals surface area contributed by atoms with Crippen molar-refractivity contribution in [3.8, 4) is 0 Å². The largest absolute Gasteiger partial charge is 0.355 e. The molecule has 94 valence electrons. The molecule has 2 saturated carbocycles. The molecule has 0 saturated heterocycles. The average Bonchev–Trinajstić information content (AvgIpc) is 2.90. The molecule has 1 heterocycles. The quantitative estimate of drug-likeness (QED) is 0.863. The van der Waals surface area contributed by atoms with Gasteiger partial charge in [0.1, 0.15) is 0 Å². The van der Waals surface area contributed by atoms with Crippen molar-refractivity contribution in [1.82, 2.24) is 9.55 Å². The monoisotopic (exact) mass is 233 g/mol. The van der Waals surface area contributed by atoms with Crippen molar-refractivity contribution >= 4 is 5.95 Å². The highest BCUT2D eigenvalue weighted by molar-refractivity contribution is 5.27. The van der Waals surface area contributed by atoms with Crippen molar-refractivity contribution < 1.29 is 0 Å². The molecule has 0 radical (unpaired) electrons. The zero-order valence-electron chi connectivity index (χ0n) is 10.7. The van der Waals surface area contributed by atoms with Gasteiger partial charge in [-0.2, -0.15) is 0 Å². The fraction of sp³-hybridized carbons (Fsp3) is 0.786. The Balaban J connectivity index is 1.61. The molecule has 1 N–H and O–H groups in total. The van der Waals surface area contributed by atoms with E-state index in [0.717, 1.165) is 24.3 Å². The Kier molecular flexibility index (Phi) is 3.08. The number of hydrogen-bond acceptors (Lipinski definition) is 2. The number of nitrogens with zero attached hydrogens (tertiary/aromatic N) is 2.